The molecule has 1 heterocycles. The Morgan fingerprint density at radius 3 is 2.64 bits per heavy atom. The standard InChI is InChI=1S/C16H21F3N2O3.ClH/c1-21(15(22)14(20)12-5-7-23-8-6-12)10-11-3-2-4-13(9-11)24-16(17,18)19;/h2-4,9,12,14H,5-8,10,20H2,1H3;1H. The zero-order chi connectivity index (χ0) is 17.7. The van der Waals surface area contributed by atoms with E-state index in [9.17, 15) is 18.0 Å². The number of rotatable bonds is 5. The number of carbonyl (C=O) groups is 1. The number of hydrogen-bond donors (Lipinski definition) is 1. The average molecular weight is 383 g/mol. The minimum absolute atomic E-state index is 0. The number of ether oxygens (including phenoxy) is 2. The molecular weight excluding hydrogens is 361 g/mol. The molecule has 1 aromatic carbocycles. The molecule has 0 aliphatic carbocycles. The van der Waals surface area contributed by atoms with Crippen LogP contribution in [0, 0.1) is 5.92 Å². The number of nitrogens with two attached hydrogens (primary N) is 1. The highest BCUT2D eigenvalue weighted by Crippen LogP contribution is 2.24. The molecule has 1 aromatic rings. The summed E-state index contributed by atoms with van der Waals surface area (Å²) in [4.78, 5) is 13.8. The first-order chi connectivity index (χ1) is 11.3. The summed E-state index contributed by atoms with van der Waals surface area (Å²) in [6.45, 7) is 1.34. The Balaban J connectivity index is 0.00000312. The van der Waals surface area contributed by atoms with Crippen molar-refractivity contribution in [1.29, 1.82) is 0 Å². The molecule has 1 fully saturated rings. The fourth-order valence-corrected chi connectivity index (χ4v) is 2.72. The zero-order valence-corrected chi connectivity index (χ0v) is 14.6. The van der Waals surface area contributed by atoms with Gasteiger partial charge in [0, 0.05) is 26.8 Å². The van der Waals surface area contributed by atoms with Crippen molar-refractivity contribution >= 4 is 18.3 Å². The molecule has 9 heteroatoms. The second kappa shape index (κ2) is 9.26. The zero-order valence-electron chi connectivity index (χ0n) is 13.8. The third kappa shape index (κ3) is 6.72. The molecule has 1 aliphatic heterocycles. The molecule has 1 aliphatic rings. The van der Waals surface area contributed by atoms with Gasteiger partial charge in [0.2, 0.25) is 5.91 Å². The molecule has 2 N–H and O–H groups in total. The van der Waals surface area contributed by atoms with Crippen LogP contribution in [0.4, 0.5) is 13.2 Å². The first-order valence-corrected chi connectivity index (χ1v) is 7.69. The number of amides is 1. The number of likely N-dealkylation sites (N-methyl/N-ethyl adjacent to an activating group) is 1. The topological polar surface area (TPSA) is 64.8 Å². The van der Waals surface area contributed by atoms with Crippen LogP contribution < -0.4 is 10.5 Å². The van der Waals surface area contributed by atoms with E-state index >= 15 is 0 Å². The van der Waals surface area contributed by atoms with Crippen LogP contribution in [0.1, 0.15) is 18.4 Å². The van der Waals surface area contributed by atoms with E-state index in [1.807, 2.05) is 0 Å². The number of halogens is 4. The van der Waals surface area contributed by atoms with E-state index in [-0.39, 0.29) is 36.5 Å². The maximum atomic E-state index is 12.4. The van der Waals surface area contributed by atoms with Crippen LogP contribution >= 0.6 is 12.4 Å². The highest BCUT2D eigenvalue weighted by Gasteiger charge is 2.31. The summed E-state index contributed by atoms with van der Waals surface area (Å²) in [6.07, 6.45) is -3.28. The van der Waals surface area contributed by atoms with Gasteiger partial charge in [0.15, 0.2) is 0 Å². The van der Waals surface area contributed by atoms with E-state index in [1.54, 1.807) is 13.1 Å². The molecule has 2 rings (SSSR count). The molecule has 5 nitrogen and oxygen atoms in total. The van der Waals surface area contributed by atoms with Crippen LogP contribution in [-0.2, 0) is 16.1 Å². The van der Waals surface area contributed by atoms with Crippen molar-refractivity contribution in [2.45, 2.75) is 31.8 Å². The molecule has 0 saturated carbocycles. The minimum atomic E-state index is -4.74. The largest absolute Gasteiger partial charge is 0.573 e. The summed E-state index contributed by atoms with van der Waals surface area (Å²) >= 11 is 0. The molecular formula is C16H22ClF3N2O3. The van der Waals surface area contributed by atoms with Crippen molar-refractivity contribution in [1.82, 2.24) is 4.90 Å². The van der Waals surface area contributed by atoms with Crippen LogP contribution in [0.15, 0.2) is 24.3 Å². The molecule has 0 spiro atoms. The second-order valence-corrected chi connectivity index (χ2v) is 5.87. The molecule has 0 bridgehead atoms. The number of hydrogen-bond acceptors (Lipinski definition) is 4. The van der Waals surface area contributed by atoms with Crippen molar-refractivity contribution in [3.63, 3.8) is 0 Å². The van der Waals surface area contributed by atoms with E-state index in [0.717, 1.165) is 12.8 Å². The quantitative estimate of drug-likeness (QED) is 0.850. The minimum Gasteiger partial charge on any atom is -0.406 e. The second-order valence-electron chi connectivity index (χ2n) is 5.87. The Bertz CT molecular complexity index is 566. The van der Waals surface area contributed by atoms with Gasteiger partial charge in [-0.25, -0.2) is 0 Å². The molecule has 1 unspecified atom stereocenters. The van der Waals surface area contributed by atoms with Crippen molar-refractivity contribution in [2.75, 3.05) is 20.3 Å². The Kier molecular flexibility index (Phi) is 7.98. The van der Waals surface area contributed by atoms with Crippen molar-refractivity contribution in [3.8, 4) is 5.75 Å². The molecule has 1 saturated heterocycles. The van der Waals surface area contributed by atoms with E-state index in [1.165, 1.54) is 23.1 Å². The lowest BCUT2D eigenvalue weighted by Gasteiger charge is -2.30. The van der Waals surface area contributed by atoms with Crippen LogP contribution in [0.2, 0.25) is 0 Å². The van der Waals surface area contributed by atoms with Gasteiger partial charge in [0.25, 0.3) is 0 Å². The summed E-state index contributed by atoms with van der Waals surface area (Å²) in [5.41, 5.74) is 6.57. The fraction of sp³-hybridized carbons (Fsp3) is 0.562. The lowest BCUT2D eigenvalue weighted by molar-refractivity contribution is -0.274. The van der Waals surface area contributed by atoms with Gasteiger partial charge in [0.1, 0.15) is 5.75 Å². The lowest BCUT2D eigenvalue weighted by Crippen LogP contribution is -2.47. The maximum absolute atomic E-state index is 12.4. The molecule has 25 heavy (non-hydrogen) atoms. The lowest BCUT2D eigenvalue weighted by atomic mass is 9.91. The Hall–Kier alpha value is -1.51. The van der Waals surface area contributed by atoms with Crippen molar-refractivity contribution < 1.29 is 27.4 Å². The molecule has 0 radical (unpaired) electrons. The van der Waals surface area contributed by atoms with E-state index in [2.05, 4.69) is 4.74 Å². The van der Waals surface area contributed by atoms with Gasteiger partial charge in [-0.15, -0.1) is 25.6 Å². The average Bonchev–Trinajstić information content (AvgIpc) is 2.53. The van der Waals surface area contributed by atoms with Gasteiger partial charge < -0.3 is 20.1 Å². The molecule has 1 amide bonds. The molecule has 0 aromatic heterocycles. The van der Waals surface area contributed by atoms with Crippen LogP contribution in [-0.4, -0.2) is 43.5 Å². The third-order valence-corrected chi connectivity index (χ3v) is 3.99. The maximum Gasteiger partial charge on any atom is 0.573 e. The Labute approximate surface area is 150 Å². The van der Waals surface area contributed by atoms with Gasteiger partial charge in [0.05, 0.1) is 6.04 Å². The highest BCUT2D eigenvalue weighted by atomic mass is 35.5. The normalized spacial score (nSPS) is 16.7. The van der Waals surface area contributed by atoms with Crippen molar-refractivity contribution in [2.24, 2.45) is 11.7 Å². The van der Waals surface area contributed by atoms with Crippen LogP contribution in [0.3, 0.4) is 0 Å². The fourth-order valence-electron chi connectivity index (χ4n) is 2.72. The number of benzene rings is 1. The predicted octanol–water partition coefficient (Wildman–Crippen LogP) is 2.72. The SMILES string of the molecule is CN(Cc1cccc(OC(F)(F)F)c1)C(=O)C(N)C1CCOCC1.Cl. The van der Waals surface area contributed by atoms with Gasteiger partial charge in [-0.2, -0.15) is 0 Å². The van der Waals surface area contributed by atoms with Gasteiger partial charge in [-0.3, -0.25) is 4.79 Å². The van der Waals surface area contributed by atoms with Gasteiger partial charge in [-0.1, -0.05) is 12.1 Å². The summed E-state index contributed by atoms with van der Waals surface area (Å²) in [6, 6.07) is 4.93. The van der Waals surface area contributed by atoms with E-state index in [0.29, 0.717) is 18.8 Å². The van der Waals surface area contributed by atoms with Gasteiger partial charge in [-0.05, 0) is 36.5 Å². The molecule has 142 valence electrons. The number of carbonyl (C=O) groups excluding carboxylic acids is 1. The summed E-state index contributed by atoms with van der Waals surface area (Å²) < 4.78 is 45.9. The molecule has 1 atom stereocenters. The third-order valence-electron chi connectivity index (χ3n) is 3.99. The Morgan fingerprint density at radius 1 is 1.40 bits per heavy atom. The van der Waals surface area contributed by atoms with Crippen molar-refractivity contribution in [3.05, 3.63) is 29.8 Å². The van der Waals surface area contributed by atoms with E-state index in [4.69, 9.17) is 10.5 Å². The highest BCUT2D eigenvalue weighted by molar-refractivity contribution is 5.85. The summed E-state index contributed by atoms with van der Waals surface area (Å²) in [5, 5.41) is 0. The number of alkyl halides is 3. The van der Waals surface area contributed by atoms with E-state index < -0.39 is 12.4 Å². The number of nitrogens with zero attached hydrogens (tertiary/aromatic N) is 1. The summed E-state index contributed by atoms with van der Waals surface area (Å²) in [7, 11) is 1.58. The first-order valence-electron chi connectivity index (χ1n) is 7.69. The smallest absolute Gasteiger partial charge is 0.406 e. The predicted molar refractivity (Wildman–Crippen MR) is 88.4 cm³/mol. The Morgan fingerprint density at radius 2 is 2.04 bits per heavy atom. The summed E-state index contributed by atoms with van der Waals surface area (Å²) in [5.74, 6) is -0.479. The van der Waals surface area contributed by atoms with Crippen LogP contribution in [0.25, 0.3) is 0 Å². The monoisotopic (exact) mass is 382 g/mol. The van der Waals surface area contributed by atoms with Gasteiger partial charge >= 0.3 is 6.36 Å². The van der Waals surface area contributed by atoms with Crippen LogP contribution in [0.5, 0.6) is 5.75 Å². The first kappa shape index (κ1) is 21.5.